The first-order valence-corrected chi connectivity index (χ1v) is 5.20. The molecule has 0 heterocycles. The van der Waals surface area contributed by atoms with E-state index < -0.39 is 14.6 Å². The predicted molar refractivity (Wildman–Crippen MR) is 43.4 cm³/mol. The predicted octanol–water partition coefficient (Wildman–Crippen LogP) is 2.15. The second-order valence-electron chi connectivity index (χ2n) is 2.02. The Morgan fingerprint density at radius 1 is 1.30 bits per heavy atom. The Labute approximate surface area is 71.2 Å². The first kappa shape index (κ1) is 7.94. The van der Waals surface area contributed by atoms with Crippen LogP contribution in [0.25, 0.3) is 0 Å². The van der Waals surface area contributed by atoms with Crippen LogP contribution in [0.4, 0.5) is 0 Å². The minimum Gasteiger partial charge on any atom is -0.636 e. The van der Waals surface area contributed by atoms with Gasteiger partial charge in [0.2, 0.25) is 0 Å². The minimum absolute atomic E-state index is 0.410. The lowest BCUT2D eigenvalue weighted by molar-refractivity contribution is 0.610. The number of hydrogen-bond donors (Lipinski definition) is 0. The molecule has 1 nitrogen and oxygen atoms in total. The fourth-order valence-electron chi connectivity index (χ4n) is 0.668. The summed E-state index contributed by atoms with van der Waals surface area (Å²) in [5, 5.41) is 0. The van der Waals surface area contributed by atoms with Crippen molar-refractivity contribution in [2.75, 3.05) is 0 Å². The summed E-state index contributed by atoms with van der Waals surface area (Å²) in [5.74, 6) is 0.857. The molecule has 0 fully saturated rings. The lowest BCUT2D eigenvalue weighted by Crippen LogP contribution is -1.92. The summed E-state index contributed by atoms with van der Waals surface area (Å²) in [6, 6.07) is 7.85. The molecule has 0 N–H and O–H groups in total. The van der Waals surface area contributed by atoms with E-state index in [1.807, 2.05) is 31.2 Å². The van der Waals surface area contributed by atoms with Crippen LogP contribution in [-0.2, 0) is 0 Å². The molecule has 1 radical (unpaired) electrons. The zero-order valence-corrected chi connectivity index (χ0v) is 7.58. The smallest absolute Gasteiger partial charge is 0.636 e. The fourth-order valence-corrected chi connectivity index (χ4v) is 1.24. The van der Waals surface area contributed by atoms with Crippen molar-refractivity contribution in [2.45, 2.75) is 6.92 Å². The third-order valence-electron chi connectivity index (χ3n) is 1.20. The van der Waals surface area contributed by atoms with Crippen molar-refractivity contribution in [3.8, 4) is 5.75 Å². The second-order valence-corrected chi connectivity index (χ2v) is 2.97. The van der Waals surface area contributed by atoms with Crippen molar-refractivity contribution in [3.63, 3.8) is 0 Å². The normalized spacial score (nSPS) is 9.00. The maximum absolute atomic E-state index is 5.44. The summed E-state index contributed by atoms with van der Waals surface area (Å²) < 4.78 is 5.11. The molecule has 0 aliphatic rings. The lowest BCUT2D eigenvalue weighted by Gasteiger charge is -2.01. The molecule has 1 aromatic rings. The lowest BCUT2D eigenvalue weighted by atomic mass is 10.2. The Bertz CT molecular complexity index is 197. The van der Waals surface area contributed by atoms with Gasteiger partial charge < -0.3 is 3.79 Å². The molecule has 0 aliphatic carbocycles. The first-order chi connectivity index (χ1) is 4.83. The molecule has 0 saturated carbocycles. The zero-order chi connectivity index (χ0) is 7.40. The Morgan fingerprint density at radius 3 is 2.40 bits per heavy atom. The van der Waals surface area contributed by atoms with Crippen molar-refractivity contribution in [2.24, 2.45) is 0 Å². The van der Waals surface area contributed by atoms with Gasteiger partial charge in [0, 0.05) is 0 Å². The van der Waals surface area contributed by atoms with Crippen LogP contribution >= 0.6 is 10.0 Å². The van der Waals surface area contributed by atoms with Gasteiger partial charge in [-0.3, -0.25) is 0 Å². The number of benzene rings is 1. The van der Waals surface area contributed by atoms with Gasteiger partial charge >= 0.3 is 14.6 Å². The monoisotopic (exact) mass is 169 g/mol. The summed E-state index contributed by atoms with van der Waals surface area (Å²) in [5.41, 5.74) is 1.23. The van der Waals surface area contributed by atoms with E-state index in [-0.39, 0.29) is 0 Å². The molecule has 10 heavy (non-hydrogen) atoms. The minimum atomic E-state index is -0.410. The van der Waals surface area contributed by atoms with Crippen LogP contribution < -0.4 is 3.79 Å². The second kappa shape index (κ2) is 3.88. The molecular formula is C7H7AlClO. The van der Waals surface area contributed by atoms with Gasteiger partial charge in [-0.1, -0.05) is 17.7 Å². The molecule has 0 bridgehead atoms. The summed E-state index contributed by atoms with van der Waals surface area (Å²) >= 11 is -0.410. The quantitative estimate of drug-likeness (QED) is 0.617. The van der Waals surface area contributed by atoms with E-state index >= 15 is 0 Å². The van der Waals surface area contributed by atoms with Crippen LogP contribution in [0, 0.1) is 6.92 Å². The first-order valence-electron chi connectivity index (χ1n) is 2.98. The fraction of sp³-hybridized carbons (Fsp3) is 0.143. The zero-order valence-electron chi connectivity index (χ0n) is 5.67. The van der Waals surface area contributed by atoms with Crippen molar-refractivity contribution < 1.29 is 3.79 Å². The summed E-state index contributed by atoms with van der Waals surface area (Å²) in [6.45, 7) is 2.04. The molecule has 0 amide bonds. The van der Waals surface area contributed by atoms with Gasteiger partial charge in [0.1, 0.15) is 0 Å². The largest absolute Gasteiger partial charge is 0.673 e. The summed E-state index contributed by atoms with van der Waals surface area (Å²) in [6.07, 6.45) is 0. The van der Waals surface area contributed by atoms with E-state index in [1.54, 1.807) is 0 Å². The van der Waals surface area contributed by atoms with E-state index in [2.05, 4.69) is 0 Å². The van der Waals surface area contributed by atoms with E-state index in [9.17, 15) is 0 Å². The van der Waals surface area contributed by atoms with E-state index in [0.29, 0.717) is 0 Å². The molecular weight excluding hydrogens is 163 g/mol. The molecule has 51 valence electrons. The SMILES string of the molecule is Cc1ccc([O][Al][Cl])cc1. The Balaban J connectivity index is 2.69. The van der Waals surface area contributed by atoms with Gasteiger partial charge in [-0.25, -0.2) is 10.0 Å². The Kier molecular flexibility index (Phi) is 3.08. The van der Waals surface area contributed by atoms with Crippen molar-refractivity contribution in [1.29, 1.82) is 0 Å². The Morgan fingerprint density at radius 2 is 1.90 bits per heavy atom. The summed E-state index contributed by atoms with van der Waals surface area (Å²) in [4.78, 5) is 0. The molecule has 0 atom stereocenters. The highest BCUT2D eigenvalue weighted by Crippen LogP contribution is 2.10. The topological polar surface area (TPSA) is 9.23 Å². The molecule has 0 aromatic heterocycles. The summed E-state index contributed by atoms with van der Waals surface area (Å²) in [7, 11) is 5.44. The molecule has 1 aromatic carbocycles. The molecule has 1 rings (SSSR count). The molecule has 3 heteroatoms. The van der Waals surface area contributed by atoms with Crippen LogP contribution in [0.15, 0.2) is 24.3 Å². The van der Waals surface area contributed by atoms with Gasteiger partial charge in [0.05, 0.1) is 5.75 Å². The van der Waals surface area contributed by atoms with Crippen LogP contribution in [0.2, 0.25) is 0 Å². The van der Waals surface area contributed by atoms with Crippen LogP contribution in [0.3, 0.4) is 0 Å². The maximum atomic E-state index is 5.44. The molecule has 0 unspecified atom stereocenters. The third kappa shape index (κ3) is 2.23. The molecule has 0 aliphatic heterocycles. The Hall–Kier alpha value is -0.158. The molecule has 0 saturated heterocycles. The third-order valence-corrected chi connectivity index (χ3v) is 1.83. The average Bonchev–Trinajstić information content (AvgIpc) is 1.95. The van der Waals surface area contributed by atoms with Gasteiger partial charge in [-0.15, -0.1) is 0 Å². The highest BCUT2D eigenvalue weighted by molar-refractivity contribution is 6.90. The van der Waals surface area contributed by atoms with E-state index in [4.69, 9.17) is 13.8 Å². The average molecular weight is 170 g/mol. The number of rotatable bonds is 2. The number of aryl methyl sites for hydroxylation is 1. The van der Waals surface area contributed by atoms with E-state index in [1.165, 1.54) is 5.56 Å². The van der Waals surface area contributed by atoms with Crippen molar-refractivity contribution >= 4 is 24.7 Å². The number of hydrogen-bond acceptors (Lipinski definition) is 1. The van der Waals surface area contributed by atoms with Gasteiger partial charge in [-0.05, 0) is 19.1 Å². The van der Waals surface area contributed by atoms with Crippen LogP contribution in [0.1, 0.15) is 5.56 Å². The van der Waals surface area contributed by atoms with Crippen LogP contribution in [-0.4, -0.2) is 14.6 Å². The van der Waals surface area contributed by atoms with Gasteiger partial charge in [-0.2, -0.15) is 0 Å². The standard InChI is InChI=1S/C7H8O.Al.ClH/c1-6-2-4-7(8)5-3-6;;/h2-5,8H,1H3;;1H/q;+2;/p-2. The highest BCUT2D eigenvalue weighted by Gasteiger charge is 1.92. The molecule has 0 spiro atoms. The van der Waals surface area contributed by atoms with Crippen molar-refractivity contribution in [1.82, 2.24) is 0 Å². The van der Waals surface area contributed by atoms with Crippen molar-refractivity contribution in [3.05, 3.63) is 29.8 Å². The van der Waals surface area contributed by atoms with Crippen LogP contribution in [0.5, 0.6) is 5.75 Å². The van der Waals surface area contributed by atoms with Gasteiger partial charge in [0.25, 0.3) is 0 Å². The van der Waals surface area contributed by atoms with E-state index in [0.717, 1.165) is 5.75 Å². The van der Waals surface area contributed by atoms with Gasteiger partial charge in [0.15, 0.2) is 0 Å². The maximum Gasteiger partial charge on any atom is 0.673 e. The number of halogens is 1. The highest BCUT2D eigenvalue weighted by atomic mass is 35.6.